The van der Waals surface area contributed by atoms with E-state index in [1.54, 1.807) is 0 Å². The molecule has 0 fully saturated rings. The first-order valence-electron chi connectivity index (χ1n) is 5.60. The van der Waals surface area contributed by atoms with E-state index in [9.17, 15) is 4.79 Å². The Hall–Kier alpha value is -2.08. The van der Waals surface area contributed by atoms with E-state index in [0.29, 0.717) is 5.69 Å². The number of benzene rings is 1. The van der Waals surface area contributed by atoms with E-state index in [4.69, 9.17) is 5.11 Å². The molecule has 5 nitrogen and oxygen atoms in total. The van der Waals surface area contributed by atoms with Crippen molar-refractivity contribution in [2.24, 2.45) is 7.05 Å². The predicted molar refractivity (Wildman–Crippen MR) is 75.2 cm³/mol. The van der Waals surface area contributed by atoms with Gasteiger partial charge in [-0.1, -0.05) is 12.1 Å². The summed E-state index contributed by atoms with van der Waals surface area (Å²) in [5, 5.41) is 16.5. The van der Waals surface area contributed by atoms with Crippen molar-refractivity contribution >= 4 is 32.8 Å². The normalized spacial score (nSPS) is 11.1. The first kappa shape index (κ1) is 12.0. The Morgan fingerprint density at radius 2 is 2.21 bits per heavy atom. The van der Waals surface area contributed by atoms with E-state index < -0.39 is 5.97 Å². The molecule has 96 valence electrons. The van der Waals surface area contributed by atoms with Gasteiger partial charge in [-0.2, -0.15) is 5.10 Å². The van der Waals surface area contributed by atoms with Crippen LogP contribution in [0.3, 0.4) is 0 Å². The second kappa shape index (κ2) is 4.24. The van der Waals surface area contributed by atoms with Crippen LogP contribution in [0.25, 0.3) is 22.2 Å². The number of nitrogens with one attached hydrogen (secondary N) is 1. The van der Waals surface area contributed by atoms with Crippen LogP contribution in [0.5, 0.6) is 0 Å². The maximum Gasteiger partial charge on any atom is 0.353 e. The number of aryl methyl sites for hydroxylation is 1. The van der Waals surface area contributed by atoms with E-state index in [1.807, 2.05) is 36.0 Å². The lowest BCUT2D eigenvalue weighted by molar-refractivity contribution is 0.0690. The maximum absolute atomic E-state index is 10.8. The van der Waals surface area contributed by atoms with Crippen molar-refractivity contribution in [2.45, 2.75) is 0 Å². The molecule has 0 saturated heterocycles. The Kier molecular flexibility index (Phi) is 2.67. The molecule has 2 N–H and O–H groups in total. The van der Waals surface area contributed by atoms with Crippen LogP contribution in [0.2, 0.25) is 0 Å². The first-order chi connectivity index (χ1) is 9.06. The number of hydrogen-bond donors (Lipinski definition) is 2. The molecule has 0 aliphatic carbocycles. The van der Waals surface area contributed by atoms with Gasteiger partial charge in [0.2, 0.25) is 0 Å². The second-order valence-electron chi connectivity index (χ2n) is 4.29. The van der Waals surface area contributed by atoms with Crippen molar-refractivity contribution in [3.05, 3.63) is 40.6 Å². The van der Waals surface area contributed by atoms with Crippen molar-refractivity contribution in [1.29, 1.82) is 0 Å². The summed E-state index contributed by atoms with van der Waals surface area (Å²) >= 11 is 3.50. The molecule has 19 heavy (non-hydrogen) atoms. The number of nitrogens with zero attached hydrogens (tertiary/aromatic N) is 2. The summed E-state index contributed by atoms with van der Waals surface area (Å²) in [6.07, 6.45) is 1.99. The Labute approximate surface area is 117 Å². The van der Waals surface area contributed by atoms with Gasteiger partial charge in [0.15, 0.2) is 0 Å². The molecule has 0 aliphatic rings. The number of hydrogen-bond acceptors (Lipinski definition) is 2. The molecule has 0 spiro atoms. The fourth-order valence-electron chi connectivity index (χ4n) is 2.07. The molecular formula is C13H10BrN3O2. The molecule has 0 amide bonds. The Bertz CT molecular complexity index is 788. The third-order valence-corrected chi connectivity index (χ3v) is 3.68. The molecule has 0 radical (unpaired) electrons. The number of halogens is 1. The number of H-pyrrole nitrogens is 1. The van der Waals surface area contributed by atoms with E-state index in [2.05, 4.69) is 26.1 Å². The zero-order chi connectivity index (χ0) is 13.6. The van der Waals surface area contributed by atoms with Gasteiger partial charge in [-0.3, -0.25) is 5.10 Å². The van der Waals surface area contributed by atoms with Crippen LogP contribution in [-0.2, 0) is 7.05 Å². The number of aromatic nitrogens is 3. The third kappa shape index (κ3) is 1.94. The molecule has 3 rings (SSSR count). The van der Waals surface area contributed by atoms with Gasteiger partial charge < -0.3 is 9.67 Å². The summed E-state index contributed by atoms with van der Waals surface area (Å²) in [6.45, 7) is 0. The van der Waals surface area contributed by atoms with Crippen LogP contribution >= 0.6 is 15.9 Å². The number of carboxylic acids is 1. The molecule has 3 aromatic rings. The Morgan fingerprint density at radius 3 is 2.89 bits per heavy atom. The summed E-state index contributed by atoms with van der Waals surface area (Å²) < 4.78 is 3.04. The van der Waals surface area contributed by atoms with Gasteiger partial charge in [0.1, 0.15) is 5.69 Å². The quantitative estimate of drug-likeness (QED) is 0.762. The van der Waals surface area contributed by atoms with Crippen LogP contribution in [0.4, 0.5) is 0 Å². The maximum atomic E-state index is 10.8. The highest BCUT2D eigenvalue weighted by Gasteiger charge is 2.11. The van der Waals surface area contributed by atoms with Crippen LogP contribution in [0.1, 0.15) is 10.5 Å². The van der Waals surface area contributed by atoms with Gasteiger partial charge in [-0.15, -0.1) is 0 Å². The van der Waals surface area contributed by atoms with E-state index in [-0.39, 0.29) is 5.69 Å². The molecule has 6 heteroatoms. The average molecular weight is 320 g/mol. The molecule has 2 aromatic heterocycles. The second-order valence-corrected chi connectivity index (χ2v) is 5.15. The molecule has 0 saturated carbocycles. The number of carbonyl (C=O) groups is 1. The number of fused-ring (bicyclic) bond motifs is 1. The highest BCUT2D eigenvalue weighted by molar-refractivity contribution is 9.10. The molecule has 0 aliphatic heterocycles. The van der Waals surface area contributed by atoms with Gasteiger partial charge in [-0.25, -0.2) is 4.79 Å². The Balaban J connectivity index is 2.14. The van der Waals surface area contributed by atoms with Crippen molar-refractivity contribution in [3.8, 4) is 11.3 Å². The molecular weight excluding hydrogens is 310 g/mol. The molecule has 0 unspecified atom stereocenters. The molecule has 0 bridgehead atoms. The van der Waals surface area contributed by atoms with Gasteiger partial charge in [-0.05, 0) is 28.1 Å². The fraction of sp³-hybridized carbons (Fsp3) is 0.0769. The minimum absolute atomic E-state index is 0.0863. The summed E-state index contributed by atoms with van der Waals surface area (Å²) in [7, 11) is 1.96. The smallest absolute Gasteiger partial charge is 0.353 e. The number of carboxylic acid groups (broad SMARTS) is 1. The third-order valence-electron chi connectivity index (χ3n) is 3.05. The van der Waals surface area contributed by atoms with Gasteiger partial charge in [0.25, 0.3) is 0 Å². The zero-order valence-electron chi connectivity index (χ0n) is 10.0. The van der Waals surface area contributed by atoms with Crippen molar-refractivity contribution in [2.75, 3.05) is 0 Å². The fourth-order valence-corrected chi connectivity index (χ4v) is 2.72. The topological polar surface area (TPSA) is 70.9 Å². The van der Waals surface area contributed by atoms with Crippen molar-refractivity contribution < 1.29 is 9.90 Å². The minimum atomic E-state index is -1.01. The number of aromatic amines is 1. The van der Waals surface area contributed by atoms with Crippen molar-refractivity contribution in [3.63, 3.8) is 0 Å². The molecule has 1 aromatic carbocycles. The minimum Gasteiger partial charge on any atom is -0.477 e. The SMILES string of the molecule is Cn1cc(Br)c2ccc(-c3cc(C(=O)O)[nH]n3)cc21. The van der Waals surface area contributed by atoms with Crippen LogP contribution in [0, 0.1) is 0 Å². The predicted octanol–water partition coefficient (Wildman–Crippen LogP) is 3.03. The molecule has 0 atom stereocenters. The highest BCUT2D eigenvalue weighted by Crippen LogP contribution is 2.29. The summed E-state index contributed by atoms with van der Waals surface area (Å²) in [6, 6.07) is 7.43. The zero-order valence-corrected chi connectivity index (χ0v) is 11.6. The average Bonchev–Trinajstić information content (AvgIpc) is 2.96. The van der Waals surface area contributed by atoms with E-state index in [0.717, 1.165) is 20.9 Å². The van der Waals surface area contributed by atoms with E-state index in [1.165, 1.54) is 6.07 Å². The standard InChI is InChI=1S/C13H10BrN3O2/c1-17-6-9(14)8-3-2-7(4-12(8)17)10-5-11(13(18)19)16-15-10/h2-6H,1H3,(H,15,16)(H,18,19). The number of aromatic carboxylic acids is 1. The summed E-state index contributed by atoms with van der Waals surface area (Å²) in [5.41, 5.74) is 2.65. The van der Waals surface area contributed by atoms with Gasteiger partial charge in [0, 0.05) is 34.2 Å². The van der Waals surface area contributed by atoms with Crippen molar-refractivity contribution in [1.82, 2.24) is 14.8 Å². The van der Waals surface area contributed by atoms with Crippen LogP contribution in [0.15, 0.2) is 34.9 Å². The summed E-state index contributed by atoms with van der Waals surface area (Å²) in [5.74, 6) is -1.01. The van der Waals surface area contributed by atoms with Crippen LogP contribution < -0.4 is 0 Å². The first-order valence-corrected chi connectivity index (χ1v) is 6.39. The lowest BCUT2D eigenvalue weighted by Gasteiger charge is -1.99. The lowest BCUT2D eigenvalue weighted by Crippen LogP contribution is -1.95. The summed E-state index contributed by atoms with van der Waals surface area (Å²) in [4.78, 5) is 10.8. The lowest BCUT2D eigenvalue weighted by atomic mass is 10.1. The van der Waals surface area contributed by atoms with Crippen LogP contribution in [-0.4, -0.2) is 25.8 Å². The van der Waals surface area contributed by atoms with Gasteiger partial charge >= 0.3 is 5.97 Å². The Morgan fingerprint density at radius 1 is 1.42 bits per heavy atom. The highest BCUT2D eigenvalue weighted by atomic mass is 79.9. The van der Waals surface area contributed by atoms with Gasteiger partial charge in [0.05, 0.1) is 5.69 Å². The van der Waals surface area contributed by atoms with E-state index >= 15 is 0 Å². The number of rotatable bonds is 2. The largest absolute Gasteiger partial charge is 0.477 e. The molecule has 2 heterocycles. The monoisotopic (exact) mass is 319 g/mol.